The van der Waals surface area contributed by atoms with Gasteiger partial charge in [0.05, 0.1) is 6.10 Å². The number of carbonyl (C=O) groups is 7. The summed E-state index contributed by atoms with van der Waals surface area (Å²) in [6, 6.07) is -0.136. The van der Waals surface area contributed by atoms with Crippen molar-refractivity contribution in [1.29, 1.82) is 0 Å². The van der Waals surface area contributed by atoms with Crippen LogP contribution in [0.2, 0.25) is 5.02 Å². The van der Waals surface area contributed by atoms with E-state index >= 15 is 0 Å². The molecule has 0 bridgehead atoms. The number of nitrogens with zero attached hydrogens (tertiary/aromatic N) is 3. The predicted molar refractivity (Wildman–Crippen MR) is 207 cm³/mol. The lowest BCUT2D eigenvalue weighted by Crippen LogP contribution is -2.63. The van der Waals surface area contributed by atoms with Crippen LogP contribution >= 0.6 is 11.6 Å². The monoisotopic (exact) mass is 843 g/mol. The summed E-state index contributed by atoms with van der Waals surface area (Å²) in [5.41, 5.74) is 0.261. The quantitative estimate of drug-likeness (QED) is 0.269. The van der Waals surface area contributed by atoms with Crippen molar-refractivity contribution in [2.45, 2.75) is 108 Å². The molecule has 2 aromatic carbocycles. The highest BCUT2D eigenvalue weighted by Gasteiger charge is 2.49. The molecule has 5 N–H and O–H groups in total. The van der Waals surface area contributed by atoms with Crippen LogP contribution in [0.15, 0.2) is 42.5 Å². The number of hydrogen-bond donors (Lipinski definition) is 5. The number of hydrogen-bond acceptors (Lipinski definition) is 9. The number of esters is 1. The molecule has 0 aliphatic carbocycles. The summed E-state index contributed by atoms with van der Waals surface area (Å²) in [5.74, 6) is -6.66. The molecule has 0 spiro atoms. The van der Waals surface area contributed by atoms with Crippen molar-refractivity contribution in [3.63, 3.8) is 0 Å². The van der Waals surface area contributed by atoms with Crippen LogP contribution in [0.5, 0.6) is 0 Å². The normalized spacial score (nSPS) is 28.5. The molecule has 4 aliphatic heterocycles. The highest BCUT2D eigenvalue weighted by Crippen LogP contribution is 2.29. The van der Waals surface area contributed by atoms with Gasteiger partial charge in [0.15, 0.2) is 0 Å². The number of amides is 7. The van der Waals surface area contributed by atoms with Crippen LogP contribution in [0, 0.1) is 17.6 Å². The number of aliphatic hydroxyl groups excluding tert-OH is 1. The molecule has 59 heavy (non-hydrogen) atoms. The number of cyclic esters (lactones) is 1. The Morgan fingerprint density at radius 1 is 0.881 bits per heavy atom. The number of carbonyl (C=O) groups excluding carboxylic acids is 7. The Morgan fingerprint density at radius 3 is 2.25 bits per heavy atom. The van der Waals surface area contributed by atoms with Gasteiger partial charge >= 0.3 is 12.0 Å². The van der Waals surface area contributed by atoms with Gasteiger partial charge in [0.1, 0.15) is 54.0 Å². The van der Waals surface area contributed by atoms with Crippen LogP contribution in [0.1, 0.15) is 58.4 Å². The minimum Gasteiger partial charge on any atom is -0.458 e. The second-order valence-corrected chi connectivity index (χ2v) is 16.2. The molecular formula is C40H48ClF2N7O9. The van der Waals surface area contributed by atoms with Crippen LogP contribution < -0.4 is 21.3 Å². The maximum absolute atomic E-state index is 14.7. The van der Waals surface area contributed by atoms with Gasteiger partial charge in [0, 0.05) is 49.3 Å². The van der Waals surface area contributed by atoms with E-state index in [1.807, 2.05) is 6.92 Å². The first-order valence-corrected chi connectivity index (χ1v) is 20.1. The second kappa shape index (κ2) is 18.3. The summed E-state index contributed by atoms with van der Waals surface area (Å²) in [5, 5.41) is 21.5. The summed E-state index contributed by atoms with van der Waals surface area (Å²) in [6.45, 7) is 4.64. The van der Waals surface area contributed by atoms with Crippen LogP contribution in [-0.2, 0) is 39.9 Å². The number of piperidine rings is 1. The van der Waals surface area contributed by atoms with Gasteiger partial charge < -0.3 is 45.8 Å². The fourth-order valence-electron chi connectivity index (χ4n) is 8.26. The molecule has 16 nitrogen and oxygen atoms in total. The van der Waals surface area contributed by atoms with Gasteiger partial charge in [-0.15, -0.1) is 0 Å². The van der Waals surface area contributed by atoms with Gasteiger partial charge in [-0.25, -0.2) is 18.4 Å². The zero-order valence-electron chi connectivity index (χ0n) is 32.8. The summed E-state index contributed by atoms with van der Waals surface area (Å²) < 4.78 is 34.5. The number of halogens is 3. The number of benzene rings is 2. The Kier molecular flexibility index (Phi) is 13.4. The van der Waals surface area contributed by atoms with Crippen molar-refractivity contribution in [3.8, 4) is 0 Å². The third-order valence-corrected chi connectivity index (χ3v) is 11.4. The van der Waals surface area contributed by atoms with E-state index in [0.717, 1.165) is 17.0 Å². The SMILES string of the molecule is C[C@@H]1C[C@H]2C(=O)O[C@@H](C)[C@H](NC(=O)[C@H](Cc3cc(F)cc(F)c3)NC(=O)Nc3ccc(Cl)cc3)C(=O)N3C[C@H](O)C[C@H]3C(=O)N3CCCC[C@H]3C(=O)N[C@@H](C)C(=O)N2C1. The van der Waals surface area contributed by atoms with E-state index in [9.17, 15) is 47.4 Å². The minimum atomic E-state index is -1.75. The number of urea groups is 1. The van der Waals surface area contributed by atoms with E-state index < -0.39 is 108 Å². The molecule has 0 unspecified atom stereocenters. The van der Waals surface area contributed by atoms with E-state index in [1.165, 1.54) is 47.9 Å². The highest BCUT2D eigenvalue weighted by atomic mass is 35.5. The number of ether oxygens (including phenoxy) is 1. The van der Waals surface area contributed by atoms with E-state index in [1.54, 1.807) is 0 Å². The lowest BCUT2D eigenvalue weighted by molar-refractivity contribution is -0.163. The van der Waals surface area contributed by atoms with Crippen molar-refractivity contribution in [3.05, 3.63) is 64.7 Å². The lowest BCUT2D eigenvalue weighted by atomic mass is 9.98. The number of nitrogens with one attached hydrogen (secondary N) is 4. The average molecular weight is 844 g/mol. The van der Waals surface area contributed by atoms with Crippen LogP contribution in [-0.4, -0.2) is 129 Å². The van der Waals surface area contributed by atoms with Crippen molar-refractivity contribution in [2.75, 3.05) is 25.0 Å². The molecule has 4 saturated heterocycles. The molecule has 0 radical (unpaired) electrons. The lowest BCUT2D eigenvalue weighted by Gasteiger charge is -2.39. The van der Waals surface area contributed by atoms with Gasteiger partial charge in [-0.3, -0.25) is 24.0 Å². The van der Waals surface area contributed by atoms with Crippen molar-refractivity contribution < 1.29 is 52.2 Å². The van der Waals surface area contributed by atoms with E-state index in [2.05, 4.69) is 21.3 Å². The molecule has 7 amide bonds. The molecule has 4 aliphatic rings. The number of rotatable bonds is 6. The van der Waals surface area contributed by atoms with E-state index in [4.69, 9.17) is 16.3 Å². The van der Waals surface area contributed by atoms with Crippen molar-refractivity contribution in [2.24, 2.45) is 5.92 Å². The number of fused-ring (bicyclic) bond motifs is 3. The molecule has 318 valence electrons. The van der Waals surface area contributed by atoms with Gasteiger partial charge in [-0.1, -0.05) is 18.5 Å². The van der Waals surface area contributed by atoms with Crippen molar-refractivity contribution >= 4 is 58.8 Å². The Morgan fingerprint density at radius 2 is 1.56 bits per heavy atom. The summed E-state index contributed by atoms with van der Waals surface area (Å²) >= 11 is 5.96. The van der Waals surface area contributed by atoms with Gasteiger partial charge in [-0.2, -0.15) is 0 Å². The predicted octanol–water partition coefficient (Wildman–Crippen LogP) is 1.87. The van der Waals surface area contributed by atoms with Gasteiger partial charge in [-0.05, 0) is 87.4 Å². The minimum absolute atomic E-state index is 0.0268. The fraction of sp³-hybridized carbons (Fsp3) is 0.525. The van der Waals surface area contributed by atoms with Gasteiger partial charge in [0.2, 0.25) is 29.5 Å². The summed E-state index contributed by atoms with van der Waals surface area (Å²) in [6.07, 6.45) is -1.67. The first kappa shape index (κ1) is 43.2. The molecule has 6 rings (SSSR count). The maximum Gasteiger partial charge on any atom is 0.329 e. The largest absolute Gasteiger partial charge is 0.458 e. The zero-order valence-corrected chi connectivity index (χ0v) is 33.5. The molecule has 9 atom stereocenters. The standard InChI is InChI=1S/C40H48ClF2N7O9/c1-20-12-32-39(57)59-22(3)33(47-34(52)29(15-23-13-25(42)16-26(43)14-23)46-40(58)45-27-9-7-24(41)8-10-27)38(56)50-19-28(51)17-31(50)37(55)48-11-5-4-6-30(48)35(53)44-21(2)36(54)49(32)18-20/h7-10,13-14,16,20-22,28-33,51H,4-6,11-12,15,17-19H2,1-3H3,(H,44,53)(H,47,52)(H2,45,46,58)/t20-,21+,22+,28-,29+,30+,31+,32+,33+/m1/s1. The van der Waals surface area contributed by atoms with Gasteiger partial charge in [0.25, 0.3) is 0 Å². The Labute approximate surface area is 344 Å². The van der Waals surface area contributed by atoms with E-state index in [-0.39, 0.29) is 56.1 Å². The molecule has 4 fully saturated rings. The number of aliphatic hydroxyl groups is 1. The van der Waals surface area contributed by atoms with E-state index in [0.29, 0.717) is 23.9 Å². The molecular weight excluding hydrogens is 796 g/mol. The average Bonchev–Trinajstić information content (AvgIpc) is 3.78. The third-order valence-electron chi connectivity index (χ3n) is 11.2. The maximum atomic E-state index is 14.7. The smallest absolute Gasteiger partial charge is 0.329 e. The topological polar surface area (TPSA) is 207 Å². The molecule has 19 heteroatoms. The third kappa shape index (κ3) is 10.1. The fourth-order valence-corrected chi connectivity index (χ4v) is 8.38. The van der Waals surface area contributed by atoms with Crippen LogP contribution in [0.25, 0.3) is 0 Å². The molecule has 2 aromatic rings. The number of anilines is 1. The summed E-state index contributed by atoms with van der Waals surface area (Å²) in [7, 11) is 0. The zero-order chi connectivity index (χ0) is 42.7. The first-order chi connectivity index (χ1) is 28.0. The second-order valence-electron chi connectivity index (χ2n) is 15.8. The van der Waals surface area contributed by atoms with Crippen LogP contribution in [0.4, 0.5) is 19.3 Å². The Bertz CT molecular complexity index is 1960. The highest BCUT2D eigenvalue weighted by molar-refractivity contribution is 6.30. The molecule has 4 heterocycles. The Balaban J connectivity index is 1.35. The van der Waals surface area contributed by atoms with Crippen LogP contribution in [0.3, 0.4) is 0 Å². The molecule has 0 aromatic heterocycles. The Hall–Kier alpha value is -5.36. The first-order valence-electron chi connectivity index (χ1n) is 19.7. The summed E-state index contributed by atoms with van der Waals surface area (Å²) in [4.78, 5) is 102. The van der Waals surface area contributed by atoms with Crippen molar-refractivity contribution in [1.82, 2.24) is 30.7 Å². The molecule has 0 saturated carbocycles.